The molecule has 1 saturated heterocycles. The Morgan fingerprint density at radius 2 is 1.00 bits per heavy atom. The molecule has 2 N–H and O–H groups in total. The highest BCUT2D eigenvalue weighted by atomic mass is 127. The van der Waals surface area contributed by atoms with Crippen LogP contribution in [0, 0.1) is 0 Å². The Morgan fingerprint density at radius 3 is 1.38 bits per heavy atom. The summed E-state index contributed by atoms with van der Waals surface area (Å²) in [4.78, 5) is 29.2. The van der Waals surface area contributed by atoms with E-state index in [2.05, 4.69) is 4.98 Å². The van der Waals surface area contributed by atoms with Crippen molar-refractivity contribution in [2.24, 2.45) is 0 Å². The molecule has 0 saturated carbocycles. The Morgan fingerprint density at radius 1 is 0.621 bits per heavy atom. The highest BCUT2D eigenvalue weighted by Gasteiger charge is 2.52. The van der Waals surface area contributed by atoms with Crippen LogP contribution in [0.15, 0.2) is 202 Å². The molecule has 8 rings (SSSR count). The van der Waals surface area contributed by atoms with Gasteiger partial charge in [0.25, 0.3) is 5.56 Å². The number of nitrogens with zero attached hydrogens (tertiary/aromatic N) is 1. The molecule has 0 amide bonds. The molecule has 290 valence electrons. The van der Waals surface area contributed by atoms with Gasteiger partial charge in [0.15, 0.2) is 6.23 Å². The minimum Gasteiger partial charge on any atom is -0.387 e. The number of aromatic nitrogens is 2. The molecule has 0 bridgehead atoms. The first-order valence-corrected chi connectivity index (χ1v) is 20.3. The Balaban J connectivity index is 1.29. The van der Waals surface area contributed by atoms with Gasteiger partial charge in [0, 0.05) is 6.20 Å². The van der Waals surface area contributed by atoms with E-state index < -0.39 is 47.0 Å². The summed E-state index contributed by atoms with van der Waals surface area (Å²) in [5.41, 5.74) is 1.64. The summed E-state index contributed by atoms with van der Waals surface area (Å²) in [7, 11) is 0. The highest BCUT2D eigenvalue weighted by Crippen LogP contribution is 2.46. The number of ether oxygens (including phenoxy) is 3. The lowest BCUT2D eigenvalue weighted by Crippen LogP contribution is -2.46. The quantitative estimate of drug-likeness (QED) is 0.0890. The van der Waals surface area contributed by atoms with Crippen LogP contribution in [-0.2, 0) is 25.4 Å². The predicted molar refractivity (Wildman–Crippen MR) is 234 cm³/mol. The first-order chi connectivity index (χ1) is 28.5. The molecule has 2 heterocycles. The minimum atomic E-state index is -1.33. The number of halogens is 1. The van der Waals surface area contributed by atoms with Gasteiger partial charge >= 0.3 is 5.69 Å². The van der Waals surface area contributed by atoms with Gasteiger partial charge < -0.3 is 19.3 Å². The van der Waals surface area contributed by atoms with E-state index in [9.17, 15) is 14.7 Å². The summed E-state index contributed by atoms with van der Waals surface area (Å²) in [6, 6.07) is 59.3. The standard InChI is InChI=1S/C49H41IN2O6/c50-32-31-35-33-52(47(55)51-45(35)54)46-44(58-49(39-25-13-4-14-26-39,40-27-15-5-16-28-40)41-29-17-6-18-30-41)43(53)42(57-46)34-56-48(36-19-7-1-8-20-36,37-21-9-2-10-22-37)38-23-11-3-12-24-38/h1-33,42-44,46,53H,34H2,(H,51,54,55)/t42-,43-,44-,46-/m1/s1. The van der Waals surface area contributed by atoms with E-state index in [4.69, 9.17) is 14.2 Å². The zero-order valence-corrected chi connectivity index (χ0v) is 33.5. The molecule has 8 nitrogen and oxygen atoms in total. The van der Waals surface area contributed by atoms with Crippen LogP contribution in [-0.4, -0.2) is 39.6 Å². The Kier molecular flexibility index (Phi) is 11.8. The molecule has 1 aliphatic rings. The summed E-state index contributed by atoms with van der Waals surface area (Å²) >= 11 is 2.02. The van der Waals surface area contributed by atoms with Crippen molar-refractivity contribution in [1.82, 2.24) is 9.55 Å². The van der Waals surface area contributed by atoms with Crippen molar-refractivity contribution in [3.63, 3.8) is 0 Å². The number of hydrogen-bond acceptors (Lipinski definition) is 6. The van der Waals surface area contributed by atoms with Crippen molar-refractivity contribution in [2.45, 2.75) is 35.7 Å². The molecule has 1 fully saturated rings. The van der Waals surface area contributed by atoms with Crippen LogP contribution in [0.1, 0.15) is 45.2 Å². The molecule has 1 aliphatic heterocycles. The van der Waals surface area contributed by atoms with Crippen LogP contribution in [0.25, 0.3) is 6.08 Å². The van der Waals surface area contributed by atoms with Gasteiger partial charge in [0.2, 0.25) is 0 Å². The van der Waals surface area contributed by atoms with E-state index in [-0.39, 0.29) is 12.2 Å². The fraction of sp³-hybridized carbons (Fsp3) is 0.143. The topological polar surface area (TPSA) is 103 Å². The Labute approximate surface area is 350 Å². The lowest BCUT2D eigenvalue weighted by molar-refractivity contribution is -0.125. The summed E-state index contributed by atoms with van der Waals surface area (Å²) in [5.74, 6) is 0. The Bertz CT molecular complexity index is 2360. The number of benzene rings is 6. The summed E-state index contributed by atoms with van der Waals surface area (Å²) in [5, 5.41) is 12.7. The molecular formula is C49H41IN2O6. The van der Waals surface area contributed by atoms with E-state index in [1.807, 2.05) is 205 Å². The van der Waals surface area contributed by atoms with Gasteiger partial charge in [-0.25, -0.2) is 4.79 Å². The SMILES string of the molecule is O=c1[nH]c(=O)n([C@@H]2O[C@H](COC(c3ccccc3)(c3ccccc3)c3ccccc3)[C@@H](O)[C@H]2OC(c2ccccc2)(c2ccccc2)c2ccccc2)cc1C=CI. The molecule has 0 spiro atoms. The van der Waals surface area contributed by atoms with E-state index in [0.29, 0.717) is 0 Å². The maximum absolute atomic E-state index is 13.8. The van der Waals surface area contributed by atoms with Gasteiger partial charge in [-0.3, -0.25) is 14.3 Å². The van der Waals surface area contributed by atoms with Crippen LogP contribution in [0.2, 0.25) is 0 Å². The number of H-pyrrole nitrogens is 1. The first-order valence-electron chi connectivity index (χ1n) is 19.1. The van der Waals surface area contributed by atoms with Gasteiger partial charge in [-0.2, -0.15) is 0 Å². The predicted octanol–water partition coefficient (Wildman–Crippen LogP) is 8.59. The Hall–Kier alpha value is -5.69. The second-order valence-electron chi connectivity index (χ2n) is 14.1. The molecule has 0 aliphatic carbocycles. The zero-order valence-electron chi connectivity index (χ0n) is 31.4. The van der Waals surface area contributed by atoms with Crippen molar-refractivity contribution < 1.29 is 19.3 Å². The van der Waals surface area contributed by atoms with Gasteiger partial charge in [0.1, 0.15) is 29.5 Å². The molecular weight excluding hydrogens is 839 g/mol. The lowest BCUT2D eigenvalue weighted by Gasteiger charge is -2.40. The smallest absolute Gasteiger partial charge is 0.330 e. The van der Waals surface area contributed by atoms with Gasteiger partial charge in [-0.15, -0.1) is 0 Å². The van der Waals surface area contributed by atoms with Gasteiger partial charge in [-0.05, 0) is 43.5 Å². The average Bonchev–Trinajstić information content (AvgIpc) is 3.59. The first kappa shape index (κ1) is 39.2. The summed E-state index contributed by atoms with van der Waals surface area (Å²) in [6.45, 7) is -0.107. The van der Waals surface area contributed by atoms with Crippen LogP contribution in [0.4, 0.5) is 0 Å². The molecule has 0 radical (unpaired) electrons. The average molecular weight is 881 g/mol. The summed E-state index contributed by atoms with van der Waals surface area (Å²) < 4.78 is 24.4. The zero-order chi connectivity index (χ0) is 40.0. The number of rotatable bonds is 13. The molecule has 4 atom stereocenters. The van der Waals surface area contributed by atoms with E-state index in [0.717, 1.165) is 33.4 Å². The van der Waals surface area contributed by atoms with Crippen molar-refractivity contribution in [3.8, 4) is 0 Å². The van der Waals surface area contributed by atoms with Crippen LogP contribution < -0.4 is 11.2 Å². The number of nitrogens with one attached hydrogen (secondary N) is 1. The van der Waals surface area contributed by atoms with E-state index >= 15 is 0 Å². The minimum absolute atomic E-state index is 0.107. The third-order valence-corrected chi connectivity index (χ3v) is 11.0. The third-order valence-electron chi connectivity index (χ3n) is 10.7. The van der Waals surface area contributed by atoms with Crippen molar-refractivity contribution in [3.05, 3.63) is 252 Å². The molecule has 6 aromatic carbocycles. The van der Waals surface area contributed by atoms with Crippen LogP contribution in [0.3, 0.4) is 0 Å². The fourth-order valence-electron chi connectivity index (χ4n) is 7.99. The normalized spacial score (nSPS) is 18.4. The second kappa shape index (κ2) is 17.4. The third kappa shape index (κ3) is 7.43. The number of aromatic amines is 1. The molecule has 0 unspecified atom stereocenters. The highest BCUT2D eigenvalue weighted by molar-refractivity contribution is 14.1. The largest absolute Gasteiger partial charge is 0.387 e. The molecule has 9 heteroatoms. The number of aliphatic hydroxyl groups excluding tert-OH is 1. The maximum Gasteiger partial charge on any atom is 0.330 e. The van der Waals surface area contributed by atoms with Gasteiger partial charge in [0.05, 0.1) is 12.2 Å². The second-order valence-corrected chi connectivity index (χ2v) is 14.8. The summed E-state index contributed by atoms with van der Waals surface area (Å²) in [6.07, 6.45) is -1.66. The maximum atomic E-state index is 13.8. The van der Waals surface area contributed by atoms with Crippen molar-refractivity contribution in [2.75, 3.05) is 6.61 Å². The van der Waals surface area contributed by atoms with Crippen molar-refractivity contribution in [1.29, 1.82) is 0 Å². The number of hydrogen-bond donors (Lipinski definition) is 2. The fourth-order valence-corrected chi connectivity index (χ4v) is 8.37. The molecule has 1 aromatic heterocycles. The van der Waals surface area contributed by atoms with E-state index in [1.54, 1.807) is 10.2 Å². The van der Waals surface area contributed by atoms with Crippen LogP contribution in [0.5, 0.6) is 0 Å². The van der Waals surface area contributed by atoms with E-state index in [1.165, 1.54) is 10.8 Å². The van der Waals surface area contributed by atoms with Crippen molar-refractivity contribution >= 4 is 28.7 Å². The molecule has 7 aromatic rings. The van der Waals surface area contributed by atoms with Gasteiger partial charge in [-0.1, -0.05) is 205 Å². The number of aliphatic hydroxyl groups is 1. The monoisotopic (exact) mass is 880 g/mol. The van der Waals surface area contributed by atoms with Crippen LogP contribution >= 0.6 is 22.6 Å². The lowest BCUT2D eigenvalue weighted by atomic mass is 9.79. The molecule has 58 heavy (non-hydrogen) atoms.